The van der Waals surface area contributed by atoms with Gasteiger partial charge >= 0.3 is 23.8 Å². The lowest BCUT2D eigenvalue weighted by Crippen LogP contribution is -2.16. The highest BCUT2D eigenvalue weighted by atomic mass is 16.4. The quantitative estimate of drug-likeness (QED) is 0.311. The minimum atomic E-state index is -0.720. The number of hydrogen-bond donors (Lipinski definition) is 4. The SMILES string of the molecule is O=C(O)C[C@H]1CC[C@H](c2ccc(NC(=O)c3nnc(Nc4cnc5[nH]ccc5c4)o3)cc2)CC1. The maximum absolute atomic E-state index is 12.5. The molecule has 0 radical (unpaired) electrons. The zero-order chi connectivity index (χ0) is 23.5. The van der Waals surface area contributed by atoms with E-state index in [1.807, 2.05) is 36.4 Å². The highest BCUT2D eigenvalue weighted by Gasteiger charge is 2.24. The monoisotopic (exact) mass is 460 g/mol. The van der Waals surface area contributed by atoms with Crippen molar-refractivity contribution in [3.63, 3.8) is 0 Å². The number of amides is 1. The molecule has 0 atom stereocenters. The van der Waals surface area contributed by atoms with E-state index in [2.05, 4.69) is 30.8 Å². The molecule has 10 heteroatoms. The van der Waals surface area contributed by atoms with Crippen LogP contribution in [-0.2, 0) is 4.79 Å². The molecule has 0 aliphatic heterocycles. The number of rotatable bonds is 7. The van der Waals surface area contributed by atoms with Crippen LogP contribution in [-0.4, -0.2) is 37.1 Å². The van der Waals surface area contributed by atoms with Crippen LogP contribution < -0.4 is 10.6 Å². The largest absolute Gasteiger partial charge is 0.481 e. The van der Waals surface area contributed by atoms with Gasteiger partial charge in [0, 0.05) is 23.7 Å². The standard InChI is InChI=1S/C24H24N6O4/c31-20(32)11-14-1-3-15(4-2-14)16-5-7-18(8-6-16)27-22(33)23-29-30-24(34-23)28-19-12-17-9-10-25-21(17)26-13-19/h5-10,12-15H,1-4,11H2,(H,25,26)(H,27,33)(H,28,30)(H,31,32)/t14-,15-. The number of nitrogens with one attached hydrogen (secondary N) is 3. The van der Waals surface area contributed by atoms with Gasteiger partial charge in [-0.1, -0.05) is 17.2 Å². The van der Waals surface area contributed by atoms with E-state index in [1.165, 1.54) is 5.56 Å². The summed E-state index contributed by atoms with van der Waals surface area (Å²) in [6.45, 7) is 0. The third-order valence-electron chi connectivity index (χ3n) is 6.22. The molecule has 0 saturated heterocycles. The predicted molar refractivity (Wildman–Crippen MR) is 125 cm³/mol. The minimum absolute atomic E-state index is 0.0932. The number of pyridine rings is 1. The fourth-order valence-corrected chi connectivity index (χ4v) is 4.47. The van der Waals surface area contributed by atoms with Gasteiger partial charge in [0.15, 0.2) is 0 Å². The number of aromatic nitrogens is 4. The van der Waals surface area contributed by atoms with Gasteiger partial charge in [-0.3, -0.25) is 9.59 Å². The highest BCUT2D eigenvalue weighted by Crippen LogP contribution is 2.37. The van der Waals surface area contributed by atoms with Crippen LogP contribution >= 0.6 is 0 Å². The number of aromatic amines is 1. The molecule has 0 spiro atoms. The number of aliphatic carboxylic acids is 1. The van der Waals surface area contributed by atoms with Gasteiger partial charge in [0.25, 0.3) is 0 Å². The van der Waals surface area contributed by atoms with Crippen molar-refractivity contribution in [1.29, 1.82) is 0 Å². The van der Waals surface area contributed by atoms with E-state index in [0.29, 0.717) is 17.3 Å². The molecule has 5 rings (SSSR count). The number of carbonyl (C=O) groups excluding carboxylic acids is 1. The molecule has 1 amide bonds. The molecule has 10 nitrogen and oxygen atoms in total. The molecule has 1 aliphatic carbocycles. The first-order chi connectivity index (χ1) is 16.5. The van der Waals surface area contributed by atoms with Crippen LogP contribution in [0.3, 0.4) is 0 Å². The Bertz CT molecular complexity index is 1300. The highest BCUT2D eigenvalue weighted by molar-refractivity contribution is 6.00. The van der Waals surface area contributed by atoms with Gasteiger partial charge in [-0.2, -0.15) is 0 Å². The number of carbonyl (C=O) groups is 2. The Hall–Kier alpha value is -4.21. The Morgan fingerprint density at radius 2 is 1.85 bits per heavy atom. The molecule has 3 heterocycles. The summed E-state index contributed by atoms with van der Waals surface area (Å²) in [5.74, 6) is -0.683. The summed E-state index contributed by atoms with van der Waals surface area (Å²) in [5, 5.41) is 23.3. The van der Waals surface area contributed by atoms with E-state index in [4.69, 9.17) is 9.52 Å². The topological polar surface area (TPSA) is 146 Å². The molecule has 1 saturated carbocycles. The van der Waals surface area contributed by atoms with Crippen molar-refractivity contribution in [2.45, 2.75) is 38.0 Å². The molecule has 4 aromatic rings. The molecular weight excluding hydrogens is 436 g/mol. The van der Waals surface area contributed by atoms with E-state index in [-0.39, 0.29) is 24.2 Å². The van der Waals surface area contributed by atoms with Gasteiger partial charge in [0.2, 0.25) is 0 Å². The first kappa shape index (κ1) is 21.6. The van der Waals surface area contributed by atoms with Crippen molar-refractivity contribution < 1.29 is 19.1 Å². The lowest BCUT2D eigenvalue weighted by Gasteiger charge is -2.28. The normalized spacial score (nSPS) is 18.0. The van der Waals surface area contributed by atoms with E-state index in [9.17, 15) is 9.59 Å². The number of nitrogens with zero attached hydrogens (tertiary/aromatic N) is 3. The van der Waals surface area contributed by atoms with Gasteiger partial charge < -0.3 is 25.1 Å². The number of carboxylic acid groups (broad SMARTS) is 1. The van der Waals surface area contributed by atoms with Gasteiger partial charge in [-0.15, -0.1) is 5.10 Å². The zero-order valence-corrected chi connectivity index (χ0v) is 18.3. The van der Waals surface area contributed by atoms with E-state index >= 15 is 0 Å². The first-order valence-electron chi connectivity index (χ1n) is 11.2. The molecule has 4 N–H and O–H groups in total. The summed E-state index contributed by atoms with van der Waals surface area (Å²) in [7, 11) is 0. The van der Waals surface area contributed by atoms with E-state index in [1.54, 1.807) is 12.4 Å². The summed E-state index contributed by atoms with van der Waals surface area (Å²) in [6.07, 6.45) is 7.50. The third kappa shape index (κ3) is 4.90. The van der Waals surface area contributed by atoms with Crippen molar-refractivity contribution in [1.82, 2.24) is 20.2 Å². The fraction of sp³-hybridized carbons (Fsp3) is 0.292. The van der Waals surface area contributed by atoms with E-state index in [0.717, 1.165) is 36.7 Å². The van der Waals surface area contributed by atoms with Crippen LogP contribution in [0.4, 0.5) is 17.4 Å². The average Bonchev–Trinajstić information content (AvgIpc) is 3.49. The van der Waals surface area contributed by atoms with Crippen molar-refractivity contribution in [3.8, 4) is 0 Å². The smallest absolute Gasteiger partial charge is 0.320 e. The van der Waals surface area contributed by atoms with Crippen molar-refractivity contribution in [3.05, 3.63) is 60.2 Å². The summed E-state index contributed by atoms with van der Waals surface area (Å²) >= 11 is 0. The molecule has 1 aromatic carbocycles. The lowest BCUT2D eigenvalue weighted by atomic mass is 9.77. The number of H-pyrrole nitrogens is 1. The molecule has 34 heavy (non-hydrogen) atoms. The van der Waals surface area contributed by atoms with Crippen molar-refractivity contribution in [2.75, 3.05) is 10.6 Å². The second-order valence-corrected chi connectivity index (χ2v) is 8.57. The van der Waals surface area contributed by atoms with Crippen LogP contribution in [0.15, 0.2) is 53.2 Å². The number of carboxylic acids is 1. The number of fused-ring (bicyclic) bond motifs is 1. The van der Waals surface area contributed by atoms with Gasteiger partial charge in [0.1, 0.15) is 5.65 Å². The molecule has 3 aromatic heterocycles. The van der Waals surface area contributed by atoms with Gasteiger partial charge in [-0.05, 0) is 67.3 Å². The average molecular weight is 460 g/mol. The Kier molecular flexibility index (Phi) is 5.94. The second-order valence-electron chi connectivity index (χ2n) is 8.57. The molecular formula is C24H24N6O4. The zero-order valence-electron chi connectivity index (χ0n) is 18.3. The Morgan fingerprint density at radius 3 is 2.62 bits per heavy atom. The van der Waals surface area contributed by atoms with Crippen molar-refractivity contribution in [2.24, 2.45) is 5.92 Å². The Balaban J connectivity index is 1.16. The number of anilines is 3. The van der Waals surface area contributed by atoms with Crippen LogP contribution in [0, 0.1) is 5.92 Å². The van der Waals surface area contributed by atoms with Gasteiger partial charge in [0.05, 0.1) is 11.9 Å². The summed E-state index contributed by atoms with van der Waals surface area (Å²) in [5.41, 5.74) is 3.26. The number of benzene rings is 1. The maximum Gasteiger partial charge on any atom is 0.320 e. The van der Waals surface area contributed by atoms with Crippen LogP contribution in [0.1, 0.15) is 54.3 Å². The summed E-state index contributed by atoms with van der Waals surface area (Å²) in [4.78, 5) is 30.7. The maximum atomic E-state index is 12.5. The van der Waals surface area contributed by atoms with Crippen LogP contribution in [0.2, 0.25) is 0 Å². The number of hydrogen-bond acceptors (Lipinski definition) is 7. The predicted octanol–water partition coefficient (Wildman–Crippen LogP) is 4.69. The molecule has 174 valence electrons. The van der Waals surface area contributed by atoms with Crippen molar-refractivity contribution >= 4 is 40.3 Å². The van der Waals surface area contributed by atoms with E-state index < -0.39 is 11.9 Å². The minimum Gasteiger partial charge on any atom is -0.481 e. The molecule has 0 unspecified atom stereocenters. The third-order valence-corrected chi connectivity index (χ3v) is 6.22. The Morgan fingerprint density at radius 1 is 1.06 bits per heavy atom. The fourth-order valence-electron chi connectivity index (χ4n) is 4.47. The lowest BCUT2D eigenvalue weighted by molar-refractivity contribution is -0.138. The molecule has 0 bridgehead atoms. The Labute approximate surface area is 194 Å². The van der Waals surface area contributed by atoms with Crippen LogP contribution in [0.5, 0.6) is 0 Å². The first-order valence-corrected chi connectivity index (χ1v) is 11.2. The summed E-state index contributed by atoms with van der Waals surface area (Å²) < 4.78 is 5.45. The molecule has 1 fully saturated rings. The second kappa shape index (κ2) is 9.34. The van der Waals surface area contributed by atoms with Gasteiger partial charge in [-0.25, -0.2) is 4.98 Å². The van der Waals surface area contributed by atoms with Crippen LogP contribution in [0.25, 0.3) is 11.0 Å². The molecule has 1 aliphatic rings. The summed E-state index contributed by atoms with van der Waals surface area (Å²) in [6, 6.07) is 11.6.